The van der Waals surface area contributed by atoms with Crippen molar-refractivity contribution < 1.29 is 0 Å². The molecule has 0 aromatic rings. The average Bonchev–Trinajstić information content (AvgIpc) is 2.56. The molecule has 0 amide bonds. The summed E-state index contributed by atoms with van der Waals surface area (Å²) >= 11 is 0. The standard InChI is InChI=1S/C11H16N2/c1-2-4-10-8(3-1)9-7-12-6-5-11(9)13-10/h1,3,9,11-13H,2,4-7H2. The number of rotatable bonds is 0. The van der Waals surface area contributed by atoms with Gasteiger partial charge in [-0.3, -0.25) is 0 Å². The Morgan fingerprint density at radius 3 is 3.38 bits per heavy atom. The van der Waals surface area contributed by atoms with Crippen molar-refractivity contribution in [2.24, 2.45) is 5.92 Å². The summed E-state index contributed by atoms with van der Waals surface area (Å²) in [6, 6.07) is 0.731. The fourth-order valence-electron chi connectivity index (χ4n) is 2.77. The zero-order valence-electron chi connectivity index (χ0n) is 7.84. The van der Waals surface area contributed by atoms with E-state index in [4.69, 9.17) is 0 Å². The predicted molar refractivity (Wildman–Crippen MR) is 53.3 cm³/mol. The lowest BCUT2D eigenvalue weighted by molar-refractivity contribution is 0.360. The summed E-state index contributed by atoms with van der Waals surface area (Å²) in [7, 11) is 0. The summed E-state index contributed by atoms with van der Waals surface area (Å²) < 4.78 is 0. The summed E-state index contributed by atoms with van der Waals surface area (Å²) in [6.45, 7) is 2.35. The largest absolute Gasteiger partial charge is 0.385 e. The van der Waals surface area contributed by atoms with E-state index in [1.807, 2.05) is 0 Å². The summed E-state index contributed by atoms with van der Waals surface area (Å²) in [5.74, 6) is 0.750. The molecule has 0 bridgehead atoms. The van der Waals surface area contributed by atoms with E-state index in [-0.39, 0.29) is 0 Å². The average molecular weight is 176 g/mol. The van der Waals surface area contributed by atoms with E-state index in [2.05, 4.69) is 22.8 Å². The van der Waals surface area contributed by atoms with Gasteiger partial charge in [0.15, 0.2) is 0 Å². The minimum absolute atomic E-state index is 0.731. The van der Waals surface area contributed by atoms with E-state index >= 15 is 0 Å². The van der Waals surface area contributed by atoms with Crippen LogP contribution in [0.5, 0.6) is 0 Å². The van der Waals surface area contributed by atoms with Crippen LogP contribution in [0.4, 0.5) is 0 Å². The van der Waals surface area contributed by atoms with Gasteiger partial charge < -0.3 is 10.6 Å². The number of hydrogen-bond acceptors (Lipinski definition) is 2. The van der Waals surface area contributed by atoms with Crippen molar-refractivity contribution in [2.45, 2.75) is 25.3 Å². The normalized spacial score (nSPS) is 36.9. The topological polar surface area (TPSA) is 24.1 Å². The molecule has 0 aromatic carbocycles. The molecule has 0 aromatic heterocycles. The Kier molecular flexibility index (Phi) is 1.69. The van der Waals surface area contributed by atoms with Gasteiger partial charge in [0.1, 0.15) is 0 Å². The van der Waals surface area contributed by atoms with Gasteiger partial charge in [0.2, 0.25) is 0 Å². The first-order valence-corrected chi connectivity index (χ1v) is 5.32. The quantitative estimate of drug-likeness (QED) is 0.579. The van der Waals surface area contributed by atoms with Crippen molar-refractivity contribution >= 4 is 0 Å². The lowest BCUT2D eigenvalue weighted by atomic mass is 9.88. The summed E-state index contributed by atoms with van der Waals surface area (Å²) in [4.78, 5) is 0. The van der Waals surface area contributed by atoms with Gasteiger partial charge in [-0.25, -0.2) is 0 Å². The maximum absolute atomic E-state index is 3.68. The maximum Gasteiger partial charge on any atom is 0.0351 e. The second kappa shape index (κ2) is 2.88. The monoisotopic (exact) mass is 176 g/mol. The molecule has 13 heavy (non-hydrogen) atoms. The summed E-state index contributed by atoms with van der Waals surface area (Å²) in [5.41, 5.74) is 3.12. The van der Waals surface area contributed by atoms with Crippen LogP contribution in [0.25, 0.3) is 0 Å². The van der Waals surface area contributed by atoms with E-state index in [0.717, 1.165) is 12.0 Å². The van der Waals surface area contributed by atoms with Crippen LogP contribution in [0.2, 0.25) is 0 Å². The molecule has 70 valence electrons. The van der Waals surface area contributed by atoms with Gasteiger partial charge in [-0.1, -0.05) is 12.2 Å². The van der Waals surface area contributed by atoms with E-state index in [0.29, 0.717) is 0 Å². The molecule has 0 radical (unpaired) electrons. The van der Waals surface area contributed by atoms with Crippen molar-refractivity contribution in [2.75, 3.05) is 13.1 Å². The Balaban J connectivity index is 1.90. The zero-order valence-corrected chi connectivity index (χ0v) is 7.84. The molecule has 3 aliphatic rings. The number of piperidine rings is 1. The second-order valence-electron chi connectivity index (χ2n) is 4.23. The van der Waals surface area contributed by atoms with Gasteiger partial charge in [0.05, 0.1) is 0 Å². The Bertz CT molecular complexity index is 278. The van der Waals surface area contributed by atoms with E-state index in [9.17, 15) is 0 Å². The third-order valence-corrected chi connectivity index (χ3v) is 3.45. The smallest absolute Gasteiger partial charge is 0.0351 e. The van der Waals surface area contributed by atoms with Crippen molar-refractivity contribution in [1.29, 1.82) is 0 Å². The lowest BCUT2D eigenvalue weighted by Gasteiger charge is -2.27. The Labute approximate surface area is 79.1 Å². The van der Waals surface area contributed by atoms with Gasteiger partial charge in [0, 0.05) is 24.2 Å². The molecular weight excluding hydrogens is 160 g/mol. The van der Waals surface area contributed by atoms with Crippen molar-refractivity contribution in [1.82, 2.24) is 10.6 Å². The van der Waals surface area contributed by atoms with Gasteiger partial charge in [-0.05, 0) is 31.4 Å². The number of allylic oxidation sites excluding steroid dienone is 3. The number of fused-ring (bicyclic) bond motifs is 2. The molecule has 2 N–H and O–H groups in total. The van der Waals surface area contributed by atoms with Crippen LogP contribution in [0.15, 0.2) is 23.4 Å². The Hall–Kier alpha value is -0.760. The number of nitrogens with one attached hydrogen (secondary N) is 2. The van der Waals surface area contributed by atoms with Crippen molar-refractivity contribution in [3.8, 4) is 0 Å². The lowest BCUT2D eigenvalue weighted by Crippen LogP contribution is -2.42. The fourth-order valence-corrected chi connectivity index (χ4v) is 2.77. The molecule has 2 atom stereocenters. The van der Waals surface area contributed by atoms with E-state index in [1.54, 1.807) is 5.57 Å². The highest BCUT2D eigenvalue weighted by Crippen LogP contribution is 2.34. The molecule has 3 rings (SSSR count). The Morgan fingerprint density at radius 1 is 1.38 bits per heavy atom. The Morgan fingerprint density at radius 2 is 2.38 bits per heavy atom. The van der Waals surface area contributed by atoms with Crippen LogP contribution in [0, 0.1) is 5.92 Å². The van der Waals surface area contributed by atoms with Gasteiger partial charge in [0.25, 0.3) is 0 Å². The van der Waals surface area contributed by atoms with Crippen molar-refractivity contribution in [3.05, 3.63) is 23.4 Å². The highest BCUT2D eigenvalue weighted by molar-refractivity contribution is 5.37. The van der Waals surface area contributed by atoms with Crippen LogP contribution in [-0.4, -0.2) is 19.1 Å². The zero-order chi connectivity index (χ0) is 8.67. The van der Waals surface area contributed by atoms with Gasteiger partial charge >= 0.3 is 0 Å². The minimum atomic E-state index is 0.731. The van der Waals surface area contributed by atoms with E-state index in [1.165, 1.54) is 38.0 Å². The molecule has 2 aliphatic heterocycles. The predicted octanol–water partition coefficient (Wildman–Crippen LogP) is 1.17. The molecule has 0 saturated carbocycles. The fraction of sp³-hybridized carbons (Fsp3) is 0.636. The summed E-state index contributed by atoms with van der Waals surface area (Å²) in [5, 5.41) is 7.16. The van der Waals surface area contributed by atoms with Gasteiger partial charge in [-0.15, -0.1) is 0 Å². The first kappa shape index (κ1) is 7.63. The molecule has 2 nitrogen and oxygen atoms in total. The molecule has 2 heterocycles. The van der Waals surface area contributed by atoms with Crippen LogP contribution < -0.4 is 10.6 Å². The third-order valence-electron chi connectivity index (χ3n) is 3.45. The molecule has 1 saturated heterocycles. The van der Waals surface area contributed by atoms with Crippen LogP contribution in [0.1, 0.15) is 19.3 Å². The second-order valence-corrected chi connectivity index (χ2v) is 4.23. The molecular formula is C11H16N2. The highest BCUT2D eigenvalue weighted by Gasteiger charge is 2.34. The van der Waals surface area contributed by atoms with Crippen molar-refractivity contribution in [3.63, 3.8) is 0 Å². The van der Waals surface area contributed by atoms with E-state index < -0.39 is 0 Å². The molecule has 2 heteroatoms. The third kappa shape index (κ3) is 1.12. The molecule has 2 unspecified atom stereocenters. The minimum Gasteiger partial charge on any atom is -0.385 e. The van der Waals surface area contributed by atoms with Crippen LogP contribution in [-0.2, 0) is 0 Å². The first-order chi connectivity index (χ1) is 6.45. The maximum atomic E-state index is 3.68. The highest BCUT2D eigenvalue weighted by atomic mass is 15.0. The molecule has 1 aliphatic carbocycles. The summed E-state index contributed by atoms with van der Waals surface area (Å²) in [6.07, 6.45) is 8.39. The molecule has 0 spiro atoms. The van der Waals surface area contributed by atoms with Crippen LogP contribution in [0.3, 0.4) is 0 Å². The van der Waals surface area contributed by atoms with Crippen LogP contribution >= 0.6 is 0 Å². The first-order valence-electron chi connectivity index (χ1n) is 5.32. The number of hydrogen-bond donors (Lipinski definition) is 2. The molecule has 1 fully saturated rings. The SMILES string of the molecule is C1=CC2=C(CC1)NC1CCNCC21. The van der Waals surface area contributed by atoms with Gasteiger partial charge in [-0.2, -0.15) is 0 Å².